The number of carbonyl (C=O) groups excluding carboxylic acids is 2. The number of nitrogens with two attached hydrogens (primary N) is 1. The first-order chi connectivity index (χ1) is 7.47. The second-order valence-corrected chi connectivity index (χ2v) is 3.47. The number of Topliss-reactive ketones (excluding diaryl/α,β-unsaturated/α-hetero) is 1. The summed E-state index contributed by atoms with van der Waals surface area (Å²) in [5.74, 6) is 5.34. The number of carbonyl (C=O) groups is 2. The summed E-state index contributed by atoms with van der Waals surface area (Å²) >= 11 is 5.86. The SMILES string of the molecule is COC(=O)N(N)c1cc(C(C)=O)ccc1Cl. The molecule has 0 fully saturated rings. The van der Waals surface area contributed by atoms with Gasteiger partial charge in [-0.05, 0) is 25.1 Å². The Morgan fingerprint density at radius 2 is 2.06 bits per heavy atom. The first-order valence-corrected chi connectivity index (χ1v) is 4.78. The maximum atomic E-state index is 11.2. The minimum atomic E-state index is -0.761. The molecule has 0 aliphatic heterocycles. The van der Waals surface area contributed by atoms with Gasteiger partial charge in [0.25, 0.3) is 0 Å². The van der Waals surface area contributed by atoms with Crippen molar-refractivity contribution in [2.45, 2.75) is 6.92 Å². The van der Waals surface area contributed by atoms with Crippen LogP contribution >= 0.6 is 11.6 Å². The molecule has 0 aliphatic rings. The van der Waals surface area contributed by atoms with Crippen molar-refractivity contribution >= 4 is 29.2 Å². The number of nitrogens with zero attached hydrogens (tertiary/aromatic N) is 1. The average Bonchev–Trinajstić information content (AvgIpc) is 2.27. The van der Waals surface area contributed by atoms with Crippen LogP contribution < -0.4 is 10.9 Å². The number of ketones is 1. The molecule has 5 nitrogen and oxygen atoms in total. The molecule has 0 spiro atoms. The smallest absolute Gasteiger partial charge is 0.428 e. The van der Waals surface area contributed by atoms with E-state index in [0.717, 1.165) is 5.01 Å². The first-order valence-electron chi connectivity index (χ1n) is 4.40. The molecule has 0 aliphatic carbocycles. The van der Waals surface area contributed by atoms with E-state index < -0.39 is 6.09 Å². The summed E-state index contributed by atoms with van der Waals surface area (Å²) in [6, 6.07) is 4.48. The quantitative estimate of drug-likeness (QED) is 0.373. The van der Waals surface area contributed by atoms with Gasteiger partial charge >= 0.3 is 6.09 Å². The Balaban J connectivity index is 3.16. The number of anilines is 1. The Morgan fingerprint density at radius 1 is 1.44 bits per heavy atom. The zero-order chi connectivity index (χ0) is 12.3. The second kappa shape index (κ2) is 4.96. The van der Waals surface area contributed by atoms with E-state index in [-0.39, 0.29) is 16.5 Å². The summed E-state index contributed by atoms with van der Waals surface area (Å²) in [5, 5.41) is 1.01. The Kier molecular flexibility index (Phi) is 3.87. The van der Waals surface area contributed by atoms with Gasteiger partial charge in [-0.1, -0.05) is 11.6 Å². The van der Waals surface area contributed by atoms with Gasteiger partial charge in [-0.25, -0.2) is 15.6 Å². The van der Waals surface area contributed by atoms with Crippen molar-refractivity contribution in [1.82, 2.24) is 0 Å². The van der Waals surface area contributed by atoms with E-state index in [9.17, 15) is 9.59 Å². The molecule has 0 atom stereocenters. The van der Waals surface area contributed by atoms with Gasteiger partial charge in [0.1, 0.15) is 0 Å². The van der Waals surface area contributed by atoms with Gasteiger partial charge in [0.15, 0.2) is 5.78 Å². The molecular weight excluding hydrogens is 232 g/mol. The lowest BCUT2D eigenvalue weighted by Gasteiger charge is -2.16. The van der Waals surface area contributed by atoms with Crippen LogP contribution in [0.4, 0.5) is 10.5 Å². The topological polar surface area (TPSA) is 72.6 Å². The number of hydrogen-bond donors (Lipinski definition) is 1. The zero-order valence-electron chi connectivity index (χ0n) is 8.86. The minimum Gasteiger partial charge on any atom is -0.452 e. The summed E-state index contributed by atoms with van der Waals surface area (Å²) in [7, 11) is 1.20. The number of rotatable bonds is 2. The van der Waals surface area contributed by atoms with E-state index >= 15 is 0 Å². The molecule has 0 unspecified atom stereocenters. The number of amides is 1. The fourth-order valence-corrected chi connectivity index (χ4v) is 1.32. The predicted molar refractivity (Wildman–Crippen MR) is 60.5 cm³/mol. The molecule has 0 saturated carbocycles. The number of hydrazine groups is 1. The highest BCUT2D eigenvalue weighted by atomic mass is 35.5. The molecule has 1 rings (SSSR count). The highest BCUT2D eigenvalue weighted by Gasteiger charge is 2.16. The molecule has 0 radical (unpaired) electrons. The first kappa shape index (κ1) is 12.5. The molecule has 1 amide bonds. The van der Waals surface area contributed by atoms with Crippen LogP contribution in [0.2, 0.25) is 5.02 Å². The van der Waals surface area contributed by atoms with E-state index in [2.05, 4.69) is 4.74 Å². The lowest BCUT2D eigenvalue weighted by atomic mass is 10.1. The van der Waals surface area contributed by atoms with E-state index in [1.807, 2.05) is 0 Å². The molecule has 1 aromatic rings. The third-order valence-corrected chi connectivity index (χ3v) is 2.30. The maximum absolute atomic E-state index is 11.2. The second-order valence-electron chi connectivity index (χ2n) is 3.06. The molecule has 0 saturated heterocycles. The Morgan fingerprint density at radius 3 is 2.56 bits per heavy atom. The number of hydrogen-bond acceptors (Lipinski definition) is 4. The Hall–Kier alpha value is -1.59. The summed E-state index contributed by atoms with van der Waals surface area (Å²) in [6.07, 6.45) is -0.761. The van der Waals surface area contributed by atoms with E-state index in [0.29, 0.717) is 5.56 Å². The van der Waals surface area contributed by atoms with Crippen molar-refractivity contribution in [2.75, 3.05) is 12.1 Å². The molecule has 86 valence electrons. The third-order valence-electron chi connectivity index (χ3n) is 1.98. The lowest BCUT2D eigenvalue weighted by Crippen LogP contribution is -2.37. The Bertz CT molecular complexity index is 434. The number of halogens is 1. The van der Waals surface area contributed by atoms with Crippen LogP contribution in [0.25, 0.3) is 0 Å². The highest BCUT2D eigenvalue weighted by molar-refractivity contribution is 6.33. The van der Waals surface area contributed by atoms with Crippen LogP contribution in [0.15, 0.2) is 18.2 Å². The fourth-order valence-electron chi connectivity index (χ4n) is 1.11. The average molecular weight is 243 g/mol. The van der Waals surface area contributed by atoms with Crippen LogP contribution in [0, 0.1) is 0 Å². The molecule has 1 aromatic carbocycles. The number of benzene rings is 1. The zero-order valence-corrected chi connectivity index (χ0v) is 9.62. The minimum absolute atomic E-state index is 0.142. The predicted octanol–water partition coefficient (Wildman–Crippen LogP) is 1.99. The van der Waals surface area contributed by atoms with Gasteiger partial charge in [0, 0.05) is 5.56 Å². The van der Waals surface area contributed by atoms with Crippen LogP contribution in [0.5, 0.6) is 0 Å². The molecular formula is C10H11ClN2O3. The normalized spacial score (nSPS) is 9.75. The van der Waals surface area contributed by atoms with Gasteiger partial charge < -0.3 is 4.74 Å². The summed E-state index contributed by atoms with van der Waals surface area (Å²) in [4.78, 5) is 22.3. The van der Waals surface area contributed by atoms with Crippen molar-refractivity contribution < 1.29 is 14.3 Å². The molecule has 2 N–H and O–H groups in total. The van der Waals surface area contributed by atoms with Gasteiger partial charge in [-0.15, -0.1) is 0 Å². The van der Waals surface area contributed by atoms with Crippen LogP contribution in [0.1, 0.15) is 17.3 Å². The van der Waals surface area contributed by atoms with Gasteiger partial charge in [0.2, 0.25) is 0 Å². The monoisotopic (exact) mass is 242 g/mol. The van der Waals surface area contributed by atoms with Crippen molar-refractivity contribution in [3.63, 3.8) is 0 Å². The third kappa shape index (κ3) is 2.50. The maximum Gasteiger partial charge on any atom is 0.428 e. The van der Waals surface area contributed by atoms with Crippen LogP contribution in [0.3, 0.4) is 0 Å². The molecule has 0 heterocycles. The summed E-state index contributed by atoms with van der Waals surface area (Å²) in [5.41, 5.74) is 0.639. The van der Waals surface area contributed by atoms with Gasteiger partial charge in [-0.2, -0.15) is 0 Å². The lowest BCUT2D eigenvalue weighted by molar-refractivity contribution is 0.101. The fraction of sp³-hybridized carbons (Fsp3) is 0.200. The van der Waals surface area contributed by atoms with Crippen molar-refractivity contribution in [3.05, 3.63) is 28.8 Å². The summed E-state index contributed by atoms with van der Waals surface area (Å²) in [6.45, 7) is 1.41. The molecule has 0 bridgehead atoms. The van der Waals surface area contributed by atoms with Gasteiger partial charge in [-0.3, -0.25) is 4.79 Å². The standard InChI is InChI=1S/C10H11ClN2O3/c1-6(14)7-3-4-8(11)9(5-7)13(12)10(15)16-2/h3-5H,12H2,1-2H3. The largest absolute Gasteiger partial charge is 0.452 e. The van der Waals surface area contributed by atoms with Gasteiger partial charge in [0.05, 0.1) is 17.8 Å². The van der Waals surface area contributed by atoms with Crippen LogP contribution in [-0.4, -0.2) is 19.0 Å². The molecule has 6 heteroatoms. The highest BCUT2D eigenvalue weighted by Crippen LogP contribution is 2.25. The summed E-state index contributed by atoms with van der Waals surface area (Å²) < 4.78 is 4.44. The molecule has 0 aromatic heterocycles. The van der Waals surface area contributed by atoms with E-state index in [1.165, 1.54) is 26.2 Å². The number of ether oxygens (including phenoxy) is 1. The Labute approximate surface area is 97.7 Å². The number of methoxy groups -OCH3 is 1. The van der Waals surface area contributed by atoms with E-state index in [4.69, 9.17) is 17.4 Å². The van der Waals surface area contributed by atoms with Crippen molar-refractivity contribution in [3.8, 4) is 0 Å². The van der Waals surface area contributed by atoms with Crippen LogP contribution in [-0.2, 0) is 4.74 Å². The van der Waals surface area contributed by atoms with Crippen molar-refractivity contribution in [1.29, 1.82) is 0 Å². The molecule has 16 heavy (non-hydrogen) atoms. The van der Waals surface area contributed by atoms with E-state index in [1.54, 1.807) is 6.07 Å². The van der Waals surface area contributed by atoms with Crippen molar-refractivity contribution in [2.24, 2.45) is 5.84 Å².